The molecule has 1 aliphatic rings. The summed E-state index contributed by atoms with van der Waals surface area (Å²) in [6.45, 7) is 6.32. The molecule has 0 saturated carbocycles. The van der Waals surface area contributed by atoms with Crippen molar-refractivity contribution in [3.8, 4) is 5.75 Å². The smallest absolute Gasteiger partial charge is 0.459 e. The van der Waals surface area contributed by atoms with Crippen LogP contribution in [0.5, 0.6) is 5.75 Å². The number of fused-ring (bicyclic) bond motifs is 1. The largest absolute Gasteiger partial charge is 0.462 e. The summed E-state index contributed by atoms with van der Waals surface area (Å²) >= 11 is 0. The summed E-state index contributed by atoms with van der Waals surface area (Å²) in [6.07, 6.45) is -4.24. The van der Waals surface area contributed by atoms with E-state index in [9.17, 15) is 14.5 Å². The number of hydrogen-bond acceptors (Lipinski definition) is 12. The van der Waals surface area contributed by atoms with E-state index in [-0.39, 0.29) is 17.3 Å². The molecule has 4 rings (SSSR count). The summed E-state index contributed by atoms with van der Waals surface area (Å²) in [6, 6.07) is 6.81. The number of ether oxygens (including phenoxy) is 2. The van der Waals surface area contributed by atoms with Gasteiger partial charge in [-0.05, 0) is 26.0 Å². The zero-order valence-corrected chi connectivity index (χ0v) is 23.8. The number of imidazole rings is 1. The summed E-state index contributed by atoms with van der Waals surface area (Å²) in [5.41, 5.74) is 6.39. The van der Waals surface area contributed by atoms with E-state index in [4.69, 9.17) is 24.3 Å². The van der Waals surface area contributed by atoms with E-state index < -0.39 is 57.1 Å². The quantitative estimate of drug-likeness (QED) is 0.159. The minimum Gasteiger partial charge on any atom is -0.462 e. The van der Waals surface area contributed by atoms with Crippen molar-refractivity contribution >= 4 is 36.6 Å². The minimum atomic E-state index is -4.35. The number of aliphatic hydroxyl groups excluding tert-OH is 1. The van der Waals surface area contributed by atoms with Crippen LogP contribution in [0.1, 0.15) is 20.1 Å². The van der Waals surface area contributed by atoms with Gasteiger partial charge in [0.25, 0.3) is 0 Å². The van der Waals surface area contributed by atoms with Crippen molar-refractivity contribution in [3.05, 3.63) is 49.3 Å². The van der Waals surface area contributed by atoms with Gasteiger partial charge in [-0.3, -0.25) is 9.09 Å². The molecular formula is C25H33FN7O7P. The summed E-state index contributed by atoms with van der Waals surface area (Å²) in [5, 5.41) is 13.2. The van der Waals surface area contributed by atoms with Crippen LogP contribution in [0.2, 0.25) is 0 Å². The van der Waals surface area contributed by atoms with Gasteiger partial charge in [0.2, 0.25) is 5.95 Å². The van der Waals surface area contributed by atoms with Crippen molar-refractivity contribution < 1.29 is 37.4 Å². The number of hydrogen-bond donors (Lipinski definition) is 3. The maximum atomic E-state index is 15.4. The van der Waals surface area contributed by atoms with E-state index in [2.05, 4.69) is 26.6 Å². The molecule has 1 aliphatic heterocycles. The number of aliphatic hydroxyl groups is 1. The normalized spacial score (nSPS) is 22.8. The van der Waals surface area contributed by atoms with Gasteiger partial charge in [-0.2, -0.15) is 15.1 Å². The molecule has 3 aromatic rings. The molecule has 0 bridgehead atoms. The number of nitrogen functional groups attached to an aromatic ring is 1. The predicted octanol–water partition coefficient (Wildman–Crippen LogP) is 2.37. The average Bonchev–Trinajstić information content (AvgIpc) is 3.45. The second-order valence-electron chi connectivity index (χ2n) is 9.65. The van der Waals surface area contributed by atoms with Gasteiger partial charge in [0.15, 0.2) is 29.4 Å². The Labute approximate surface area is 235 Å². The summed E-state index contributed by atoms with van der Waals surface area (Å²) in [7, 11) is -0.869. The highest BCUT2D eigenvalue weighted by Gasteiger charge is 2.47. The zero-order chi connectivity index (χ0) is 29.9. The predicted molar refractivity (Wildman–Crippen MR) is 148 cm³/mol. The first-order valence-corrected chi connectivity index (χ1v) is 14.2. The number of carbonyl (C=O) groups excluding carboxylic acids is 1. The molecule has 0 unspecified atom stereocenters. The third kappa shape index (κ3) is 6.82. The van der Waals surface area contributed by atoms with Crippen molar-refractivity contribution in [2.45, 2.75) is 50.6 Å². The van der Waals surface area contributed by atoms with Crippen LogP contribution in [0, 0.1) is 0 Å². The molecule has 0 spiro atoms. The molecule has 0 aliphatic carbocycles. The van der Waals surface area contributed by atoms with E-state index in [0.717, 1.165) is 0 Å². The van der Waals surface area contributed by atoms with Gasteiger partial charge >= 0.3 is 13.7 Å². The van der Waals surface area contributed by atoms with E-state index >= 15 is 4.39 Å². The molecule has 1 saturated heterocycles. The molecule has 0 amide bonds. The van der Waals surface area contributed by atoms with Crippen LogP contribution in [0.4, 0.5) is 16.2 Å². The number of rotatable bonds is 12. The van der Waals surface area contributed by atoms with Crippen molar-refractivity contribution in [3.63, 3.8) is 0 Å². The first kappa shape index (κ1) is 30.3. The van der Waals surface area contributed by atoms with Gasteiger partial charge in [-0.15, -0.1) is 6.58 Å². The zero-order valence-electron chi connectivity index (χ0n) is 23.0. The van der Waals surface area contributed by atoms with Crippen LogP contribution in [0.15, 0.2) is 49.3 Å². The van der Waals surface area contributed by atoms with E-state index in [1.165, 1.54) is 29.1 Å². The molecular weight excluding hydrogens is 560 g/mol. The molecule has 41 heavy (non-hydrogen) atoms. The second-order valence-corrected chi connectivity index (χ2v) is 11.3. The van der Waals surface area contributed by atoms with Crippen LogP contribution in [0.25, 0.3) is 11.2 Å². The first-order valence-electron chi connectivity index (χ1n) is 12.7. The third-order valence-electron chi connectivity index (χ3n) is 5.93. The number of nitrogens with two attached hydrogens (primary N) is 1. The lowest BCUT2D eigenvalue weighted by molar-refractivity contribution is -0.148. The number of benzene rings is 1. The summed E-state index contributed by atoms with van der Waals surface area (Å²) < 4.78 is 52.7. The van der Waals surface area contributed by atoms with Crippen LogP contribution in [0.3, 0.4) is 0 Å². The van der Waals surface area contributed by atoms with Crippen molar-refractivity contribution in [1.82, 2.24) is 24.6 Å². The fraction of sp³-hybridized carbons (Fsp3) is 0.440. The lowest BCUT2D eigenvalue weighted by Crippen LogP contribution is -2.38. The van der Waals surface area contributed by atoms with Crippen LogP contribution < -0.4 is 20.2 Å². The molecule has 3 heterocycles. The van der Waals surface area contributed by atoms with Gasteiger partial charge < -0.3 is 29.7 Å². The fourth-order valence-electron chi connectivity index (χ4n) is 4.04. The molecule has 1 fully saturated rings. The number of anilines is 2. The highest BCUT2D eigenvalue weighted by Crippen LogP contribution is 2.46. The van der Waals surface area contributed by atoms with Gasteiger partial charge in [-0.25, -0.2) is 18.7 Å². The van der Waals surface area contributed by atoms with E-state index in [0.29, 0.717) is 11.3 Å². The molecule has 0 radical (unpaired) electrons. The Balaban J connectivity index is 1.55. The molecule has 1 aromatic carbocycles. The highest BCUT2D eigenvalue weighted by molar-refractivity contribution is 7.52. The van der Waals surface area contributed by atoms with E-state index in [1.807, 2.05) is 0 Å². The lowest BCUT2D eigenvalue weighted by Gasteiger charge is -2.25. The van der Waals surface area contributed by atoms with Gasteiger partial charge in [-0.1, -0.05) is 24.3 Å². The van der Waals surface area contributed by atoms with Crippen molar-refractivity contribution in [1.29, 1.82) is 0 Å². The van der Waals surface area contributed by atoms with Crippen molar-refractivity contribution in [2.75, 3.05) is 31.3 Å². The minimum absolute atomic E-state index is 0.0605. The van der Waals surface area contributed by atoms with Gasteiger partial charge in [0.05, 0.1) is 19.0 Å². The Bertz CT molecular complexity index is 1420. The lowest BCUT2D eigenvalue weighted by atomic mass is 10.1. The average molecular weight is 594 g/mol. The number of nitrogens with one attached hydrogen (secondary N) is 1. The number of para-hydroxylation sites is 1. The number of esters is 1. The molecule has 4 N–H and O–H groups in total. The Morgan fingerprint density at radius 3 is 2.68 bits per heavy atom. The first-order chi connectivity index (χ1) is 19.4. The highest BCUT2D eigenvalue weighted by atomic mass is 31.2. The molecule has 16 heteroatoms. The maximum absolute atomic E-state index is 15.4. The number of carbonyl (C=O) groups is 1. The van der Waals surface area contributed by atoms with Crippen LogP contribution >= 0.6 is 7.75 Å². The van der Waals surface area contributed by atoms with E-state index in [1.54, 1.807) is 51.0 Å². The SMILES string of the molecule is C=C[C@H](N[P@](=O)(OC[C@H]1O[C@@H](n2cnc3c(N(C)C)nc(N)nc32)[C@H](F)[C@@H]1O)Oc1ccccc1)C(=O)OC(C)C. The van der Waals surface area contributed by atoms with Crippen LogP contribution in [-0.4, -0.2) is 81.8 Å². The van der Waals surface area contributed by atoms with Gasteiger partial charge in [0, 0.05) is 14.1 Å². The number of halogens is 1. The Morgan fingerprint density at radius 2 is 2.05 bits per heavy atom. The summed E-state index contributed by atoms with van der Waals surface area (Å²) in [4.78, 5) is 26.8. The third-order valence-corrected chi connectivity index (χ3v) is 7.46. The second kappa shape index (κ2) is 12.5. The van der Waals surface area contributed by atoms with Crippen molar-refractivity contribution in [2.24, 2.45) is 0 Å². The monoisotopic (exact) mass is 593 g/mol. The standard InChI is InChI=1S/C25H33FN7O7P/c1-6-16(24(35)38-14(2)3)31-41(36,40-15-10-8-7-9-11-15)37-12-17-20(34)18(26)23(39-17)33-13-28-19-21(32(4)5)29-25(27)30-22(19)33/h6-11,13-14,16-18,20,23,34H,1,12H2,2-5H3,(H,31,36)(H2,27,29,30)/t16-,17+,18+,20+,23+,41-/m0/s1. The fourth-order valence-corrected chi connectivity index (χ4v) is 5.51. The molecule has 14 nitrogen and oxygen atoms in total. The number of nitrogens with zero attached hydrogens (tertiary/aromatic N) is 5. The Morgan fingerprint density at radius 1 is 1.34 bits per heavy atom. The molecule has 6 atom stereocenters. The maximum Gasteiger partial charge on any atom is 0.459 e. The Kier molecular flexibility index (Phi) is 9.24. The van der Waals surface area contributed by atoms with Crippen LogP contribution in [-0.2, 0) is 23.4 Å². The molecule has 222 valence electrons. The topological polar surface area (TPSA) is 176 Å². The molecule has 2 aromatic heterocycles. The Hall–Kier alpha value is -3.62. The summed E-state index contributed by atoms with van der Waals surface area (Å²) in [5.74, 6) is -0.245. The number of aromatic nitrogens is 4. The number of alkyl halides is 1. The van der Waals surface area contributed by atoms with Gasteiger partial charge in [0.1, 0.15) is 24.0 Å².